The van der Waals surface area contributed by atoms with Gasteiger partial charge in [-0.2, -0.15) is 0 Å². The summed E-state index contributed by atoms with van der Waals surface area (Å²) in [5, 5.41) is 7.68. The lowest BCUT2D eigenvalue weighted by Crippen LogP contribution is -2.31. The molecule has 1 aliphatic rings. The number of hydrogen-bond donors (Lipinski definition) is 1. The summed E-state index contributed by atoms with van der Waals surface area (Å²) in [4.78, 5) is 7.49. The Labute approximate surface area is 173 Å². The number of anilines is 1. The maximum Gasteiger partial charge on any atom is 0.182 e. The maximum absolute atomic E-state index is 6.13. The van der Waals surface area contributed by atoms with Crippen LogP contribution in [0.4, 0.5) is 5.13 Å². The Morgan fingerprint density at radius 2 is 1.81 bits per heavy atom. The standard InChI is InChI=1S/C22H32ClN3S/c1-3-26(4-2)16-8-15-24-21-25-20(17-27-21)22(13-6-5-7-14-22)18-9-11-19(23)12-10-18/h9-12,17H,3-8,13-16H2,1-2H3,(H,24,25). The summed E-state index contributed by atoms with van der Waals surface area (Å²) in [6.45, 7) is 8.84. The van der Waals surface area contributed by atoms with E-state index >= 15 is 0 Å². The fourth-order valence-electron chi connectivity index (χ4n) is 4.23. The van der Waals surface area contributed by atoms with Crippen LogP contribution in [0.1, 0.15) is 63.6 Å². The summed E-state index contributed by atoms with van der Waals surface area (Å²) in [7, 11) is 0. The van der Waals surface area contributed by atoms with Crippen LogP contribution in [-0.2, 0) is 5.41 Å². The third kappa shape index (κ3) is 5.04. The number of aromatic nitrogens is 1. The highest BCUT2D eigenvalue weighted by molar-refractivity contribution is 7.13. The van der Waals surface area contributed by atoms with Crippen molar-refractivity contribution in [3.63, 3.8) is 0 Å². The van der Waals surface area contributed by atoms with Crippen LogP contribution in [0.2, 0.25) is 5.02 Å². The van der Waals surface area contributed by atoms with E-state index in [0.717, 1.165) is 42.8 Å². The molecule has 1 heterocycles. The van der Waals surface area contributed by atoms with Crippen molar-refractivity contribution in [2.75, 3.05) is 31.5 Å². The monoisotopic (exact) mass is 405 g/mol. The molecule has 5 heteroatoms. The molecular formula is C22H32ClN3S. The molecule has 1 aromatic heterocycles. The van der Waals surface area contributed by atoms with E-state index in [0.29, 0.717) is 0 Å². The predicted molar refractivity (Wildman–Crippen MR) is 118 cm³/mol. The Balaban J connectivity index is 1.69. The molecule has 0 atom stereocenters. The van der Waals surface area contributed by atoms with Gasteiger partial charge < -0.3 is 10.2 Å². The topological polar surface area (TPSA) is 28.2 Å². The highest BCUT2D eigenvalue weighted by atomic mass is 35.5. The van der Waals surface area contributed by atoms with E-state index in [2.05, 4.69) is 41.6 Å². The molecule has 1 aromatic carbocycles. The number of nitrogens with one attached hydrogen (secondary N) is 1. The summed E-state index contributed by atoms with van der Waals surface area (Å²) < 4.78 is 0. The van der Waals surface area contributed by atoms with Crippen LogP contribution in [0.25, 0.3) is 0 Å². The molecule has 1 fully saturated rings. The summed E-state index contributed by atoms with van der Waals surface area (Å²) in [5.74, 6) is 0. The van der Waals surface area contributed by atoms with E-state index in [9.17, 15) is 0 Å². The molecule has 2 aromatic rings. The maximum atomic E-state index is 6.13. The zero-order valence-electron chi connectivity index (χ0n) is 16.6. The lowest BCUT2D eigenvalue weighted by molar-refractivity contribution is 0.303. The first kappa shape index (κ1) is 20.6. The normalized spacial score (nSPS) is 16.6. The van der Waals surface area contributed by atoms with Crippen molar-refractivity contribution in [1.82, 2.24) is 9.88 Å². The Morgan fingerprint density at radius 1 is 1.11 bits per heavy atom. The second-order valence-corrected chi connectivity index (χ2v) is 8.79. The van der Waals surface area contributed by atoms with Gasteiger partial charge in [0.15, 0.2) is 5.13 Å². The minimum Gasteiger partial charge on any atom is -0.361 e. The number of rotatable bonds is 9. The second kappa shape index (κ2) is 9.90. The molecule has 1 aliphatic carbocycles. The Morgan fingerprint density at radius 3 is 2.48 bits per heavy atom. The lowest BCUT2D eigenvalue weighted by atomic mass is 9.67. The second-order valence-electron chi connectivity index (χ2n) is 7.49. The van der Waals surface area contributed by atoms with Crippen LogP contribution in [0.15, 0.2) is 29.6 Å². The van der Waals surface area contributed by atoms with Crippen LogP contribution >= 0.6 is 22.9 Å². The van der Waals surface area contributed by atoms with Crippen LogP contribution in [-0.4, -0.2) is 36.1 Å². The number of benzene rings is 1. The molecular weight excluding hydrogens is 374 g/mol. The van der Waals surface area contributed by atoms with E-state index in [1.54, 1.807) is 11.3 Å². The first-order valence-electron chi connectivity index (χ1n) is 10.4. The molecule has 3 nitrogen and oxygen atoms in total. The van der Waals surface area contributed by atoms with E-state index in [1.165, 1.54) is 43.4 Å². The minimum atomic E-state index is 0.0560. The van der Waals surface area contributed by atoms with Gasteiger partial charge in [0.1, 0.15) is 0 Å². The first-order valence-corrected chi connectivity index (χ1v) is 11.6. The van der Waals surface area contributed by atoms with Crippen LogP contribution in [0, 0.1) is 0 Å². The fourth-order valence-corrected chi connectivity index (χ4v) is 5.19. The summed E-state index contributed by atoms with van der Waals surface area (Å²) in [6.07, 6.45) is 7.38. The number of hydrogen-bond acceptors (Lipinski definition) is 4. The van der Waals surface area contributed by atoms with Crippen molar-refractivity contribution >= 4 is 28.1 Å². The van der Waals surface area contributed by atoms with Crippen LogP contribution in [0.3, 0.4) is 0 Å². The van der Waals surface area contributed by atoms with Crippen molar-refractivity contribution < 1.29 is 0 Å². The highest BCUT2D eigenvalue weighted by Gasteiger charge is 2.37. The summed E-state index contributed by atoms with van der Waals surface area (Å²) >= 11 is 7.88. The van der Waals surface area contributed by atoms with Gasteiger partial charge >= 0.3 is 0 Å². The minimum absolute atomic E-state index is 0.0560. The van der Waals surface area contributed by atoms with Gasteiger partial charge in [0.25, 0.3) is 0 Å². The van der Waals surface area contributed by atoms with E-state index in [-0.39, 0.29) is 5.41 Å². The molecule has 0 radical (unpaired) electrons. The summed E-state index contributed by atoms with van der Waals surface area (Å²) in [5.41, 5.74) is 2.66. The number of nitrogens with zero attached hydrogens (tertiary/aromatic N) is 2. The van der Waals surface area contributed by atoms with Gasteiger partial charge in [-0.3, -0.25) is 0 Å². The van der Waals surface area contributed by atoms with Gasteiger partial charge in [-0.25, -0.2) is 4.98 Å². The van der Waals surface area contributed by atoms with E-state index < -0.39 is 0 Å². The van der Waals surface area contributed by atoms with E-state index in [4.69, 9.17) is 16.6 Å². The molecule has 0 saturated heterocycles. The fraction of sp³-hybridized carbons (Fsp3) is 0.591. The smallest absolute Gasteiger partial charge is 0.182 e. The molecule has 0 spiro atoms. The van der Waals surface area contributed by atoms with Crippen molar-refractivity contribution in [2.45, 2.75) is 57.8 Å². The van der Waals surface area contributed by atoms with Gasteiger partial charge in [0, 0.05) is 22.4 Å². The molecule has 0 unspecified atom stereocenters. The van der Waals surface area contributed by atoms with Gasteiger partial charge in [0.2, 0.25) is 0 Å². The molecule has 0 bridgehead atoms. The zero-order chi connectivity index (χ0) is 19.1. The molecule has 1 N–H and O–H groups in total. The summed E-state index contributed by atoms with van der Waals surface area (Å²) in [6, 6.07) is 8.44. The average molecular weight is 406 g/mol. The Kier molecular flexibility index (Phi) is 7.57. The van der Waals surface area contributed by atoms with Gasteiger partial charge in [-0.05, 0) is 56.6 Å². The number of halogens is 1. The van der Waals surface area contributed by atoms with Crippen molar-refractivity contribution in [1.29, 1.82) is 0 Å². The molecule has 1 saturated carbocycles. The van der Waals surface area contributed by atoms with Gasteiger partial charge in [-0.1, -0.05) is 56.8 Å². The average Bonchev–Trinajstić information content (AvgIpc) is 3.19. The Bertz CT molecular complexity index is 688. The van der Waals surface area contributed by atoms with Crippen molar-refractivity contribution in [3.05, 3.63) is 45.9 Å². The molecule has 148 valence electrons. The zero-order valence-corrected chi connectivity index (χ0v) is 18.2. The van der Waals surface area contributed by atoms with Gasteiger partial charge in [0.05, 0.1) is 5.69 Å². The molecule has 0 aliphatic heterocycles. The van der Waals surface area contributed by atoms with E-state index in [1.807, 2.05) is 12.1 Å². The Hall–Kier alpha value is -1.10. The third-order valence-electron chi connectivity index (χ3n) is 5.92. The lowest BCUT2D eigenvalue weighted by Gasteiger charge is -2.36. The highest BCUT2D eigenvalue weighted by Crippen LogP contribution is 2.45. The SMILES string of the molecule is CCN(CC)CCCNc1nc(C2(c3ccc(Cl)cc3)CCCCC2)cs1. The van der Waals surface area contributed by atoms with Crippen molar-refractivity contribution in [3.8, 4) is 0 Å². The molecule has 3 rings (SSSR count). The first-order chi connectivity index (χ1) is 13.2. The molecule has 27 heavy (non-hydrogen) atoms. The molecule has 0 amide bonds. The largest absolute Gasteiger partial charge is 0.361 e. The van der Waals surface area contributed by atoms with Crippen LogP contribution < -0.4 is 5.32 Å². The van der Waals surface area contributed by atoms with Gasteiger partial charge in [-0.15, -0.1) is 11.3 Å². The van der Waals surface area contributed by atoms with Crippen molar-refractivity contribution in [2.24, 2.45) is 0 Å². The third-order valence-corrected chi connectivity index (χ3v) is 6.97. The predicted octanol–water partition coefficient (Wildman–Crippen LogP) is 6.19. The quantitative estimate of drug-likeness (QED) is 0.504. The number of thiazole rings is 1. The van der Waals surface area contributed by atoms with Crippen LogP contribution in [0.5, 0.6) is 0 Å².